The van der Waals surface area contributed by atoms with Crippen molar-refractivity contribution in [1.82, 2.24) is 10.6 Å². The molecule has 34 heavy (non-hydrogen) atoms. The summed E-state index contributed by atoms with van der Waals surface area (Å²) in [6, 6.07) is 15.7. The SMILES string of the molecule is CC(C)(CCNC(=O)[C@@H]1OCC[C@@H]1NC(=O)OCC1c2ccccc2-c2ccccc21)C(=O)O. The average Bonchev–Trinajstić information content (AvgIpc) is 3.40. The molecule has 2 aromatic carbocycles. The number of ether oxygens (including phenoxy) is 2. The standard InChI is InChI=1S/C26H30N2O6/c1-26(2,24(30)31)12-13-27-23(29)22-21(11-14-33-22)28-25(32)34-15-20-18-9-5-3-7-16(18)17-8-4-6-10-19(17)20/h3-10,20-22H,11-15H2,1-2H3,(H,27,29)(H,28,32)(H,30,31)/t21-,22+/m0/s1. The highest BCUT2D eigenvalue weighted by Crippen LogP contribution is 2.44. The number of fused-ring (bicyclic) bond motifs is 3. The molecule has 2 amide bonds. The summed E-state index contributed by atoms with van der Waals surface area (Å²) >= 11 is 0. The summed E-state index contributed by atoms with van der Waals surface area (Å²) in [6.07, 6.45) is -0.663. The first kappa shape index (κ1) is 23.8. The van der Waals surface area contributed by atoms with Crippen molar-refractivity contribution < 1.29 is 29.0 Å². The van der Waals surface area contributed by atoms with Gasteiger partial charge in [0.25, 0.3) is 5.91 Å². The minimum absolute atomic E-state index is 0.0466. The smallest absolute Gasteiger partial charge is 0.407 e. The summed E-state index contributed by atoms with van der Waals surface area (Å²) in [4.78, 5) is 36.4. The van der Waals surface area contributed by atoms with Gasteiger partial charge in [-0.3, -0.25) is 9.59 Å². The molecule has 2 aliphatic rings. The molecule has 0 unspecified atom stereocenters. The maximum atomic E-state index is 12.6. The highest BCUT2D eigenvalue weighted by molar-refractivity contribution is 5.83. The number of carbonyl (C=O) groups excluding carboxylic acids is 2. The molecule has 0 spiro atoms. The van der Waals surface area contributed by atoms with E-state index in [9.17, 15) is 19.5 Å². The number of carbonyl (C=O) groups is 3. The summed E-state index contributed by atoms with van der Waals surface area (Å²) in [7, 11) is 0. The van der Waals surface area contributed by atoms with Crippen molar-refractivity contribution in [2.24, 2.45) is 5.41 Å². The van der Waals surface area contributed by atoms with E-state index in [1.165, 1.54) is 0 Å². The van der Waals surface area contributed by atoms with Crippen LogP contribution in [-0.2, 0) is 19.1 Å². The van der Waals surface area contributed by atoms with Crippen LogP contribution in [0.15, 0.2) is 48.5 Å². The van der Waals surface area contributed by atoms with Crippen LogP contribution >= 0.6 is 0 Å². The maximum absolute atomic E-state index is 12.6. The van der Waals surface area contributed by atoms with Crippen LogP contribution in [-0.4, -0.2) is 55.0 Å². The number of benzene rings is 2. The largest absolute Gasteiger partial charge is 0.481 e. The number of rotatable bonds is 8. The van der Waals surface area contributed by atoms with Crippen LogP contribution in [0.3, 0.4) is 0 Å². The zero-order valence-corrected chi connectivity index (χ0v) is 19.4. The molecule has 8 nitrogen and oxygen atoms in total. The van der Waals surface area contributed by atoms with Gasteiger partial charge in [0.1, 0.15) is 6.61 Å². The van der Waals surface area contributed by atoms with E-state index < -0.39 is 29.6 Å². The Hall–Kier alpha value is -3.39. The third-order valence-corrected chi connectivity index (χ3v) is 6.63. The third kappa shape index (κ3) is 4.92. The summed E-state index contributed by atoms with van der Waals surface area (Å²) in [6.45, 7) is 3.95. The predicted molar refractivity (Wildman–Crippen MR) is 125 cm³/mol. The lowest BCUT2D eigenvalue weighted by atomic mass is 9.89. The summed E-state index contributed by atoms with van der Waals surface area (Å²) in [5.74, 6) is -1.34. The third-order valence-electron chi connectivity index (χ3n) is 6.63. The number of carboxylic acid groups (broad SMARTS) is 1. The van der Waals surface area contributed by atoms with Crippen molar-refractivity contribution in [2.45, 2.75) is 44.8 Å². The topological polar surface area (TPSA) is 114 Å². The average molecular weight is 467 g/mol. The zero-order chi connectivity index (χ0) is 24.3. The fourth-order valence-electron chi connectivity index (χ4n) is 4.49. The van der Waals surface area contributed by atoms with Gasteiger partial charge in [0.15, 0.2) is 6.10 Å². The van der Waals surface area contributed by atoms with E-state index in [1.807, 2.05) is 24.3 Å². The van der Waals surface area contributed by atoms with Crippen LogP contribution in [0.4, 0.5) is 4.79 Å². The second-order valence-corrected chi connectivity index (χ2v) is 9.39. The van der Waals surface area contributed by atoms with Crippen LogP contribution in [0.5, 0.6) is 0 Å². The van der Waals surface area contributed by atoms with Crippen molar-refractivity contribution in [1.29, 1.82) is 0 Å². The Morgan fingerprint density at radius 1 is 1.06 bits per heavy atom. The molecule has 1 fully saturated rings. The first-order valence-electron chi connectivity index (χ1n) is 11.5. The van der Waals surface area contributed by atoms with Crippen molar-refractivity contribution >= 4 is 18.0 Å². The van der Waals surface area contributed by atoms with Gasteiger partial charge in [-0.1, -0.05) is 48.5 Å². The van der Waals surface area contributed by atoms with E-state index in [0.29, 0.717) is 13.0 Å². The normalized spacial score (nSPS) is 19.2. The van der Waals surface area contributed by atoms with Crippen LogP contribution in [0.2, 0.25) is 0 Å². The molecule has 0 radical (unpaired) electrons. The number of hydrogen-bond acceptors (Lipinski definition) is 5. The van der Waals surface area contributed by atoms with E-state index in [1.54, 1.807) is 13.8 Å². The van der Waals surface area contributed by atoms with E-state index in [-0.39, 0.29) is 31.4 Å². The number of nitrogens with one attached hydrogen (secondary N) is 2. The second-order valence-electron chi connectivity index (χ2n) is 9.39. The first-order chi connectivity index (χ1) is 16.3. The molecule has 1 saturated heterocycles. The highest BCUT2D eigenvalue weighted by Gasteiger charge is 2.36. The van der Waals surface area contributed by atoms with Gasteiger partial charge in [-0.25, -0.2) is 4.79 Å². The quantitative estimate of drug-likeness (QED) is 0.550. The lowest BCUT2D eigenvalue weighted by molar-refractivity contribution is -0.147. The van der Waals surface area contributed by atoms with Crippen LogP contribution < -0.4 is 10.6 Å². The number of hydrogen-bond donors (Lipinski definition) is 3. The fourth-order valence-corrected chi connectivity index (χ4v) is 4.49. The molecule has 8 heteroatoms. The minimum atomic E-state index is -0.942. The molecule has 0 aromatic heterocycles. The Morgan fingerprint density at radius 3 is 2.29 bits per heavy atom. The summed E-state index contributed by atoms with van der Waals surface area (Å²) in [5, 5.41) is 14.7. The number of amides is 2. The van der Waals surface area contributed by atoms with Crippen molar-refractivity contribution in [2.75, 3.05) is 19.8 Å². The second kappa shape index (κ2) is 9.85. The maximum Gasteiger partial charge on any atom is 0.407 e. The lowest BCUT2D eigenvalue weighted by Gasteiger charge is -2.22. The van der Waals surface area contributed by atoms with Crippen LogP contribution in [0.1, 0.15) is 43.7 Å². The van der Waals surface area contributed by atoms with E-state index in [0.717, 1.165) is 22.3 Å². The van der Waals surface area contributed by atoms with Gasteiger partial charge < -0.3 is 25.2 Å². The van der Waals surface area contributed by atoms with Gasteiger partial charge in [0, 0.05) is 19.1 Å². The van der Waals surface area contributed by atoms with Crippen LogP contribution in [0.25, 0.3) is 11.1 Å². The molecule has 3 N–H and O–H groups in total. The Balaban J connectivity index is 1.31. The molecule has 180 valence electrons. The van der Waals surface area contributed by atoms with Crippen LogP contribution in [0, 0.1) is 5.41 Å². The molecular formula is C26H30N2O6. The highest BCUT2D eigenvalue weighted by atomic mass is 16.6. The number of alkyl carbamates (subject to hydrolysis) is 1. The van der Waals surface area contributed by atoms with Crippen molar-refractivity contribution in [3.05, 3.63) is 59.7 Å². The van der Waals surface area contributed by atoms with Gasteiger partial charge in [-0.15, -0.1) is 0 Å². The van der Waals surface area contributed by atoms with Gasteiger partial charge in [0.2, 0.25) is 0 Å². The summed E-state index contributed by atoms with van der Waals surface area (Å²) in [5.41, 5.74) is 3.62. The number of aliphatic carboxylic acids is 1. The zero-order valence-electron chi connectivity index (χ0n) is 19.4. The Kier molecular flexibility index (Phi) is 6.88. The molecule has 0 bridgehead atoms. The molecule has 2 atom stereocenters. The van der Waals surface area contributed by atoms with E-state index in [2.05, 4.69) is 34.9 Å². The Labute approximate surface area is 198 Å². The van der Waals surface area contributed by atoms with Crippen molar-refractivity contribution in [3.63, 3.8) is 0 Å². The molecule has 0 saturated carbocycles. The Bertz CT molecular complexity index is 1040. The monoisotopic (exact) mass is 466 g/mol. The van der Waals surface area contributed by atoms with Gasteiger partial charge in [0.05, 0.1) is 11.5 Å². The molecule has 4 rings (SSSR count). The fraction of sp³-hybridized carbons (Fsp3) is 0.423. The van der Waals surface area contributed by atoms with Crippen molar-refractivity contribution in [3.8, 4) is 11.1 Å². The lowest BCUT2D eigenvalue weighted by Crippen LogP contribution is -2.49. The molecule has 1 aliphatic carbocycles. The summed E-state index contributed by atoms with van der Waals surface area (Å²) < 4.78 is 11.1. The predicted octanol–water partition coefficient (Wildman–Crippen LogP) is 3.30. The van der Waals surface area contributed by atoms with E-state index in [4.69, 9.17) is 9.47 Å². The number of carboxylic acids is 1. The molecule has 2 aromatic rings. The first-order valence-corrected chi connectivity index (χ1v) is 11.5. The van der Waals surface area contributed by atoms with Gasteiger partial charge >= 0.3 is 12.1 Å². The van der Waals surface area contributed by atoms with Gasteiger partial charge in [-0.2, -0.15) is 0 Å². The Morgan fingerprint density at radius 2 is 1.68 bits per heavy atom. The molecule has 1 aliphatic heterocycles. The minimum Gasteiger partial charge on any atom is -0.481 e. The van der Waals surface area contributed by atoms with E-state index >= 15 is 0 Å². The molecular weight excluding hydrogens is 436 g/mol. The molecule has 1 heterocycles. The van der Waals surface area contributed by atoms with Gasteiger partial charge in [-0.05, 0) is 48.9 Å².